The van der Waals surface area contributed by atoms with Crippen LogP contribution in [0.4, 0.5) is 5.82 Å². The monoisotopic (exact) mass is 1100 g/mol. The quantitative estimate of drug-likeness (QED) is 0.107. The van der Waals surface area contributed by atoms with Gasteiger partial charge < -0.3 is 96.1 Å². The van der Waals surface area contributed by atoms with Gasteiger partial charge in [0.05, 0.1) is 86.2 Å². The van der Waals surface area contributed by atoms with Crippen LogP contribution in [-0.4, -0.2) is 192 Å². The van der Waals surface area contributed by atoms with Gasteiger partial charge in [0.1, 0.15) is 30.9 Å². The van der Waals surface area contributed by atoms with Gasteiger partial charge in [-0.1, -0.05) is 86.8 Å². The van der Waals surface area contributed by atoms with Crippen molar-refractivity contribution in [2.75, 3.05) is 6.61 Å². The number of carbonyl (C=O) groups excluding carboxylic acids is 1. The minimum atomic E-state index is -2.35. The highest BCUT2D eigenvalue weighted by Gasteiger charge is 2.51. The maximum Gasteiger partial charge on any atom is 0.342 e. The van der Waals surface area contributed by atoms with Crippen LogP contribution in [0.25, 0.3) is 0 Å². The van der Waals surface area contributed by atoms with E-state index in [9.17, 15) is 75.9 Å². The van der Waals surface area contributed by atoms with Gasteiger partial charge in [0.2, 0.25) is 0 Å². The minimum absolute atomic E-state index is 0.0819. The number of carboxylic acid groups (broad SMARTS) is 1. The standard InChI is InChI=1S/C47H75NO17.C6H9N3O3/c1-27-17-15-13-11-9-7-5-6-8-10-12-14-16-18-34(64-46-44(58)41(48)43(57)30(4)63-46)24-38-40(45(59)60)37(54)26-47(61,65-38)25-36(53)35(52)20-19-31(49)21-32(50)22-33(51)23-39(55)62-29(3)28(2)42(27)56;1-5-7-4-6(9(11)12)8(5)2-3-10/h5-6,8,10-18,27-38,40-44,46,49-54,56-58,61H,7,9,19-26,48H2,1-4H3,(H,59,60);4,10H,2-3H2,1H3/b6-5+,10-8+,13-11+,14-12+,17-15+,18-16+;/t27-,28-,29-,30+,31+,32+,33+,34-,35+,36+,37-,38-,40+,41-,42+,43+,44-,46-,47+;/m0./s1. The number of aromatic nitrogens is 2. The zero-order chi connectivity index (χ0) is 57.6. The van der Waals surface area contributed by atoms with Crippen molar-refractivity contribution in [2.24, 2.45) is 23.5 Å². The Morgan fingerprint density at radius 3 is 2.04 bits per heavy atom. The number of allylic oxidation sites excluding steroid dienone is 10. The number of rotatable bonds is 6. The van der Waals surface area contributed by atoms with Crippen LogP contribution in [0.1, 0.15) is 97.7 Å². The molecule has 0 aliphatic carbocycles. The molecule has 4 rings (SSSR count). The lowest BCUT2D eigenvalue weighted by Gasteiger charge is -2.45. The Labute approximate surface area is 448 Å². The summed E-state index contributed by atoms with van der Waals surface area (Å²) in [5.41, 5.74) is 6.02. The van der Waals surface area contributed by atoms with Gasteiger partial charge in [0.25, 0.3) is 0 Å². The smallest absolute Gasteiger partial charge is 0.342 e. The van der Waals surface area contributed by atoms with Crippen molar-refractivity contribution in [2.45, 2.75) is 203 Å². The molecule has 1 aromatic rings. The summed E-state index contributed by atoms with van der Waals surface area (Å²) in [5, 5.41) is 137. The summed E-state index contributed by atoms with van der Waals surface area (Å²) < 4.78 is 24.5. The Morgan fingerprint density at radius 2 is 1.40 bits per heavy atom. The fraction of sp³-hybridized carbons (Fsp3) is 0.679. The first kappa shape index (κ1) is 66.7. The van der Waals surface area contributed by atoms with Gasteiger partial charge >= 0.3 is 17.8 Å². The number of fused-ring (bicyclic) bond motifs is 2. The number of aryl methyl sites for hydroxylation is 1. The van der Waals surface area contributed by atoms with Crippen LogP contribution < -0.4 is 5.73 Å². The van der Waals surface area contributed by atoms with Gasteiger partial charge in [-0.2, -0.15) is 0 Å². The number of nitrogens with two attached hydrogens (primary N) is 1. The number of nitro groups is 1. The van der Waals surface area contributed by atoms with E-state index in [-0.39, 0.29) is 57.0 Å². The number of aliphatic hydroxyl groups is 11. The third-order valence-electron chi connectivity index (χ3n) is 13.8. The number of imidazole rings is 1. The summed E-state index contributed by atoms with van der Waals surface area (Å²) in [6.45, 7) is 8.52. The first-order valence-corrected chi connectivity index (χ1v) is 26.1. The van der Waals surface area contributed by atoms with Crippen molar-refractivity contribution >= 4 is 17.8 Å². The molecule has 2 bridgehead atoms. The zero-order valence-electron chi connectivity index (χ0n) is 44.4. The van der Waals surface area contributed by atoms with Crippen molar-refractivity contribution in [3.8, 4) is 0 Å². The number of nitrogens with zero attached hydrogens (tertiary/aromatic N) is 3. The van der Waals surface area contributed by atoms with E-state index in [1.165, 1.54) is 23.8 Å². The highest BCUT2D eigenvalue weighted by atomic mass is 16.7. The molecule has 77 heavy (non-hydrogen) atoms. The first-order chi connectivity index (χ1) is 36.3. The molecule has 436 valence electrons. The van der Waals surface area contributed by atoms with Crippen molar-refractivity contribution in [3.63, 3.8) is 0 Å². The van der Waals surface area contributed by atoms with Crippen LogP contribution in [0.15, 0.2) is 79.1 Å². The highest BCUT2D eigenvalue weighted by Crippen LogP contribution is 2.38. The Bertz CT molecular complexity index is 2130. The molecule has 0 spiro atoms. The number of cyclic esters (lactones) is 1. The fourth-order valence-electron chi connectivity index (χ4n) is 9.09. The third kappa shape index (κ3) is 22.2. The van der Waals surface area contributed by atoms with E-state index in [1.807, 2.05) is 49.5 Å². The molecule has 1 aromatic heterocycles. The van der Waals surface area contributed by atoms with E-state index in [0.717, 1.165) is 12.8 Å². The van der Waals surface area contributed by atoms with E-state index in [2.05, 4.69) is 4.98 Å². The lowest BCUT2D eigenvalue weighted by molar-refractivity contribution is -0.392. The lowest BCUT2D eigenvalue weighted by Crippen LogP contribution is -2.61. The number of aliphatic hydroxyl groups excluding tert-OH is 10. The topological polar surface area (TPSA) is 401 Å². The molecule has 3 aliphatic heterocycles. The maximum atomic E-state index is 12.6. The molecule has 0 radical (unpaired) electrons. The van der Waals surface area contributed by atoms with Gasteiger partial charge in [0.15, 0.2) is 17.9 Å². The molecule has 2 saturated heterocycles. The van der Waals surface area contributed by atoms with Gasteiger partial charge in [0, 0.05) is 38.0 Å². The lowest BCUT2D eigenvalue weighted by atomic mass is 9.82. The van der Waals surface area contributed by atoms with E-state index >= 15 is 0 Å². The minimum Gasteiger partial charge on any atom is -0.481 e. The van der Waals surface area contributed by atoms with Crippen LogP contribution in [-0.2, 0) is 35.1 Å². The molecule has 2 fully saturated rings. The SMILES string of the molecule is C[C@@H]1[C@H](O)[C@@H](C)/C=C/C=C/CC/C=C/C=C/C=C/C=C/[C@H](O[C@@H]2O[C@H](C)[C@@H](O)[C@H](N)[C@@H]2O)C[C@@H]2O[C@](O)(C[C@@H](O)[C@H](O)CC[C@@H](O)C[C@@H](O)C[C@@H](O)CC(=O)O[C@H]1C)C[C@H](O)[C@H]2C(=O)O.Cc1ncc([N+](=O)[O-])n1CCO. The maximum absolute atomic E-state index is 12.6. The molecule has 19 atom stereocenters. The second-order valence-corrected chi connectivity index (χ2v) is 20.1. The summed E-state index contributed by atoms with van der Waals surface area (Å²) >= 11 is 0. The van der Waals surface area contributed by atoms with Crippen LogP contribution in [0.2, 0.25) is 0 Å². The van der Waals surface area contributed by atoms with Crippen molar-refractivity contribution < 1.29 is 94.7 Å². The summed E-state index contributed by atoms with van der Waals surface area (Å²) in [7, 11) is 0. The Balaban J connectivity index is 0.00000114. The van der Waals surface area contributed by atoms with E-state index < -0.39 is 145 Å². The summed E-state index contributed by atoms with van der Waals surface area (Å²) in [4.78, 5) is 38.7. The number of carbonyl (C=O) groups is 2. The average molecular weight is 1100 g/mol. The Kier molecular flexibility index (Phi) is 28.7. The average Bonchev–Trinajstić information content (AvgIpc) is 3.72. The van der Waals surface area contributed by atoms with Crippen LogP contribution in [0.5, 0.6) is 0 Å². The number of aliphatic carboxylic acids is 1. The number of hydrogen-bond donors (Lipinski definition) is 13. The molecule has 0 unspecified atom stereocenters. The normalized spacial score (nSPS) is 39.8. The molecule has 0 amide bonds. The Morgan fingerprint density at radius 1 is 0.805 bits per heavy atom. The highest BCUT2D eigenvalue weighted by molar-refractivity contribution is 5.71. The van der Waals surface area contributed by atoms with Crippen LogP contribution in [0.3, 0.4) is 0 Å². The molecular weight excluding hydrogens is 1010 g/mol. The Hall–Kier alpha value is -4.61. The van der Waals surface area contributed by atoms with Crippen LogP contribution in [0, 0.1) is 34.8 Å². The van der Waals surface area contributed by atoms with E-state index in [4.69, 9.17) is 29.8 Å². The van der Waals surface area contributed by atoms with Crippen molar-refractivity contribution in [3.05, 3.63) is 95.0 Å². The zero-order valence-corrected chi connectivity index (χ0v) is 44.4. The van der Waals surface area contributed by atoms with Crippen molar-refractivity contribution in [1.29, 1.82) is 0 Å². The van der Waals surface area contributed by atoms with Gasteiger partial charge in [-0.05, 0) is 57.3 Å². The molecule has 24 heteroatoms. The third-order valence-corrected chi connectivity index (χ3v) is 13.8. The van der Waals surface area contributed by atoms with Gasteiger partial charge in [-0.25, -0.2) is 9.55 Å². The predicted molar refractivity (Wildman–Crippen MR) is 278 cm³/mol. The fourth-order valence-corrected chi connectivity index (χ4v) is 9.09. The van der Waals surface area contributed by atoms with E-state index in [0.29, 0.717) is 5.82 Å². The molecule has 24 nitrogen and oxygen atoms in total. The second kappa shape index (κ2) is 33.1. The van der Waals surface area contributed by atoms with E-state index in [1.54, 1.807) is 45.1 Å². The van der Waals surface area contributed by atoms with Gasteiger partial charge in [-0.3, -0.25) is 9.59 Å². The summed E-state index contributed by atoms with van der Waals surface area (Å²) in [6.07, 6.45) is 3.47. The number of carboxylic acids is 1. The number of hydrogen-bond acceptors (Lipinski definition) is 21. The van der Waals surface area contributed by atoms with Gasteiger partial charge in [-0.15, -0.1) is 0 Å². The van der Waals surface area contributed by atoms with Crippen molar-refractivity contribution in [1.82, 2.24) is 9.55 Å². The second-order valence-electron chi connectivity index (χ2n) is 20.1. The number of ether oxygens (including phenoxy) is 4. The molecule has 3 aliphatic rings. The summed E-state index contributed by atoms with van der Waals surface area (Å²) in [5.74, 6) is -6.36. The molecular formula is C53H84N4O20. The largest absolute Gasteiger partial charge is 0.481 e. The predicted octanol–water partition coefficient (Wildman–Crippen LogP) is 1.03. The van der Waals surface area contributed by atoms with Crippen LogP contribution >= 0.6 is 0 Å². The molecule has 4 heterocycles. The first-order valence-electron chi connectivity index (χ1n) is 26.1. The molecule has 14 N–H and O–H groups in total. The molecule has 0 aromatic carbocycles. The molecule has 0 saturated carbocycles. The summed E-state index contributed by atoms with van der Waals surface area (Å²) in [6, 6.07) is -1.14. The number of esters is 1.